The average Bonchev–Trinajstić information content (AvgIpc) is 2.91. The lowest BCUT2D eigenvalue weighted by Crippen LogP contribution is -2.44. The Balaban J connectivity index is 2.50. The molecule has 0 aliphatic rings. The molecule has 0 spiro atoms. The molecule has 140 valence electrons. The monoisotopic (exact) mass is 365 g/mol. The zero-order valence-electron chi connectivity index (χ0n) is 16.0. The van der Waals surface area contributed by atoms with E-state index in [1.165, 1.54) is 16.9 Å². The smallest absolute Gasteiger partial charge is 0.248 e. The van der Waals surface area contributed by atoms with Crippen molar-refractivity contribution in [2.45, 2.75) is 72.8 Å². The maximum absolute atomic E-state index is 12.4. The first-order valence-corrected chi connectivity index (χ1v) is 9.79. The van der Waals surface area contributed by atoms with E-state index in [4.69, 9.17) is 0 Å². The zero-order chi connectivity index (χ0) is 18.8. The number of aryl methyl sites for hydroxylation is 1. The number of nitrogens with one attached hydrogen (secondary N) is 2. The van der Waals surface area contributed by atoms with Crippen LogP contribution in [-0.4, -0.2) is 22.8 Å². The molecule has 0 bridgehead atoms. The Kier molecular flexibility index (Phi) is 9.42. The van der Waals surface area contributed by atoms with Crippen LogP contribution in [0.25, 0.3) is 0 Å². The highest BCUT2D eigenvalue weighted by molar-refractivity contribution is 7.15. The molecule has 1 heterocycles. The normalized spacial score (nSPS) is 13.0. The minimum atomic E-state index is -0.508. The molecule has 2 N–H and O–H groups in total. The molecule has 2 atom stereocenters. The van der Waals surface area contributed by atoms with Gasteiger partial charge in [-0.15, -0.1) is 11.3 Å². The van der Waals surface area contributed by atoms with Crippen LogP contribution in [0, 0.1) is 12.8 Å². The van der Waals surface area contributed by atoms with Gasteiger partial charge >= 0.3 is 0 Å². The Bertz CT molecular complexity index is 591. The van der Waals surface area contributed by atoms with Crippen molar-refractivity contribution in [2.24, 2.45) is 5.92 Å². The summed E-state index contributed by atoms with van der Waals surface area (Å²) in [5.74, 6) is 0.0397. The molecule has 1 aromatic heterocycles. The number of anilines is 1. The van der Waals surface area contributed by atoms with Crippen LogP contribution in [0.15, 0.2) is 17.8 Å². The molecule has 6 heteroatoms. The van der Waals surface area contributed by atoms with Crippen LogP contribution >= 0.6 is 11.3 Å². The van der Waals surface area contributed by atoms with E-state index in [0.717, 1.165) is 24.1 Å². The first-order valence-electron chi connectivity index (χ1n) is 8.97. The molecular formula is C19H31N3O2S. The van der Waals surface area contributed by atoms with Gasteiger partial charge in [-0.25, -0.2) is 4.98 Å². The number of allylic oxidation sites excluding steroid dienone is 2. The fraction of sp³-hybridized carbons (Fsp3) is 0.632. The minimum absolute atomic E-state index is 0.0615. The molecule has 25 heavy (non-hydrogen) atoms. The highest BCUT2D eigenvalue weighted by Crippen LogP contribution is 2.17. The second-order valence-corrected chi connectivity index (χ2v) is 8.08. The quantitative estimate of drug-likeness (QED) is 0.602. The maximum atomic E-state index is 12.4. The molecule has 1 aromatic rings. The number of aromatic nitrogens is 1. The molecule has 0 aromatic carbocycles. The Morgan fingerprint density at radius 3 is 2.60 bits per heavy atom. The summed E-state index contributed by atoms with van der Waals surface area (Å²) >= 11 is 1.43. The van der Waals surface area contributed by atoms with E-state index >= 15 is 0 Å². The van der Waals surface area contributed by atoms with Crippen molar-refractivity contribution >= 4 is 28.3 Å². The predicted octanol–water partition coefficient (Wildman–Crippen LogP) is 4.45. The fourth-order valence-electron chi connectivity index (χ4n) is 2.49. The lowest BCUT2D eigenvalue weighted by Gasteiger charge is -2.18. The van der Waals surface area contributed by atoms with Crippen LogP contribution in [-0.2, 0) is 9.59 Å². The summed E-state index contributed by atoms with van der Waals surface area (Å²) in [6.07, 6.45) is 7.76. The highest BCUT2D eigenvalue weighted by Gasteiger charge is 2.21. The summed E-state index contributed by atoms with van der Waals surface area (Å²) in [6, 6.07) is -0.508. The second-order valence-electron chi connectivity index (χ2n) is 6.84. The van der Waals surface area contributed by atoms with Gasteiger partial charge in [-0.3, -0.25) is 9.59 Å². The Hall–Kier alpha value is -1.69. The maximum Gasteiger partial charge on any atom is 0.248 e. The van der Waals surface area contributed by atoms with E-state index in [1.54, 1.807) is 6.20 Å². The Morgan fingerprint density at radius 2 is 2.04 bits per heavy atom. The van der Waals surface area contributed by atoms with E-state index in [-0.39, 0.29) is 11.8 Å². The summed E-state index contributed by atoms with van der Waals surface area (Å²) in [6.45, 7) is 10.2. The van der Waals surface area contributed by atoms with Gasteiger partial charge in [-0.2, -0.15) is 0 Å². The SMILES string of the molecule is CCCC(NC(=O)CC(C)CCC=C(C)C)C(=O)Nc1ncc(C)s1. The van der Waals surface area contributed by atoms with E-state index < -0.39 is 6.04 Å². The largest absolute Gasteiger partial charge is 0.344 e. The average molecular weight is 366 g/mol. The molecule has 1 rings (SSSR count). The molecule has 0 aliphatic carbocycles. The van der Waals surface area contributed by atoms with Gasteiger partial charge in [0, 0.05) is 17.5 Å². The van der Waals surface area contributed by atoms with Gasteiger partial charge in [0.05, 0.1) is 0 Å². The minimum Gasteiger partial charge on any atom is -0.344 e. The van der Waals surface area contributed by atoms with Crippen LogP contribution in [0.1, 0.15) is 64.7 Å². The van der Waals surface area contributed by atoms with Crippen molar-refractivity contribution in [3.05, 3.63) is 22.7 Å². The molecule has 0 saturated carbocycles. The summed E-state index contributed by atoms with van der Waals surface area (Å²) < 4.78 is 0. The standard InChI is InChI=1S/C19H31N3O2S/c1-6-8-16(18(24)22-19-20-12-15(5)25-19)21-17(23)11-14(4)10-7-9-13(2)3/h9,12,14,16H,6-8,10-11H2,1-5H3,(H,21,23)(H,20,22,24). The Morgan fingerprint density at radius 1 is 1.32 bits per heavy atom. The molecular weight excluding hydrogens is 334 g/mol. The van der Waals surface area contributed by atoms with Crippen LogP contribution in [0.5, 0.6) is 0 Å². The third kappa shape index (κ3) is 8.82. The molecule has 0 aliphatic heterocycles. The van der Waals surface area contributed by atoms with E-state index in [9.17, 15) is 9.59 Å². The van der Waals surface area contributed by atoms with Crippen LogP contribution in [0.4, 0.5) is 5.13 Å². The molecule has 2 amide bonds. The number of nitrogens with zero attached hydrogens (tertiary/aromatic N) is 1. The second kappa shape index (κ2) is 11.0. The van der Waals surface area contributed by atoms with Gasteiger partial charge in [-0.1, -0.05) is 31.9 Å². The first kappa shape index (κ1) is 21.4. The highest BCUT2D eigenvalue weighted by atomic mass is 32.1. The number of hydrogen-bond acceptors (Lipinski definition) is 4. The van der Waals surface area contributed by atoms with E-state index in [2.05, 4.69) is 42.5 Å². The van der Waals surface area contributed by atoms with Crippen molar-refractivity contribution in [2.75, 3.05) is 5.32 Å². The zero-order valence-corrected chi connectivity index (χ0v) is 16.8. The van der Waals surface area contributed by atoms with Crippen LogP contribution in [0.3, 0.4) is 0 Å². The number of amides is 2. The van der Waals surface area contributed by atoms with Crippen molar-refractivity contribution in [3.8, 4) is 0 Å². The number of carbonyl (C=O) groups excluding carboxylic acids is 2. The fourth-order valence-corrected chi connectivity index (χ4v) is 3.16. The summed E-state index contributed by atoms with van der Waals surface area (Å²) in [4.78, 5) is 29.9. The number of thiazole rings is 1. The van der Waals surface area contributed by atoms with E-state index in [1.807, 2.05) is 13.8 Å². The van der Waals surface area contributed by atoms with Crippen LogP contribution in [0.2, 0.25) is 0 Å². The van der Waals surface area contributed by atoms with Crippen molar-refractivity contribution in [1.82, 2.24) is 10.3 Å². The van der Waals surface area contributed by atoms with E-state index in [0.29, 0.717) is 23.9 Å². The Labute approximate surface area is 155 Å². The van der Waals surface area contributed by atoms with Crippen molar-refractivity contribution in [3.63, 3.8) is 0 Å². The molecule has 0 saturated heterocycles. The van der Waals surface area contributed by atoms with Crippen LogP contribution < -0.4 is 10.6 Å². The van der Waals surface area contributed by atoms with Gasteiger partial charge in [0.15, 0.2) is 5.13 Å². The number of carbonyl (C=O) groups is 2. The van der Waals surface area contributed by atoms with Gasteiger partial charge in [0.2, 0.25) is 11.8 Å². The number of hydrogen-bond donors (Lipinski definition) is 2. The molecule has 0 fully saturated rings. The number of rotatable bonds is 10. The molecule has 2 unspecified atom stereocenters. The predicted molar refractivity (Wildman–Crippen MR) is 105 cm³/mol. The van der Waals surface area contributed by atoms with Gasteiger partial charge < -0.3 is 10.6 Å². The summed E-state index contributed by atoms with van der Waals surface area (Å²) in [5.41, 5.74) is 1.30. The van der Waals surface area contributed by atoms with Gasteiger partial charge in [-0.05, 0) is 46.0 Å². The molecule has 0 radical (unpaired) electrons. The lowest BCUT2D eigenvalue weighted by molar-refractivity contribution is -0.127. The van der Waals surface area contributed by atoms with Crippen molar-refractivity contribution in [1.29, 1.82) is 0 Å². The molecule has 5 nitrogen and oxygen atoms in total. The topological polar surface area (TPSA) is 71.1 Å². The van der Waals surface area contributed by atoms with Gasteiger partial charge in [0.1, 0.15) is 6.04 Å². The lowest BCUT2D eigenvalue weighted by atomic mass is 10.00. The summed E-state index contributed by atoms with van der Waals surface area (Å²) in [7, 11) is 0. The summed E-state index contributed by atoms with van der Waals surface area (Å²) in [5, 5.41) is 6.26. The van der Waals surface area contributed by atoms with Gasteiger partial charge in [0.25, 0.3) is 0 Å². The first-order chi connectivity index (χ1) is 11.8. The van der Waals surface area contributed by atoms with Crippen molar-refractivity contribution < 1.29 is 9.59 Å². The third-order valence-corrected chi connectivity index (χ3v) is 4.65. The third-order valence-electron chi connectivity index (χ3n) is 3.83.